The van der Waals surface area contributed by atoms with Gasteiger partial charge in [-0.1, -0.05) is 12.1 Å². The minimum Gasteiger partial charge on any atom is -0.478 e. The summed E-state index contributed by atoms with van der Waals surface area (Å²) in [4.78, 5) is 22.0. The molecule has 0 aliphatic rings. The van der Waals surface area contributed by atoms with Crippen molar-refractivity contribution in [3.8, 4) is 0 Å². The van der Waals surface area contributed by atoms with Crippen molar-refractivity contribution in [2.45, 2.75) is 18.2 Å². The number of alkyl halides is 7. The molecule has 4 nitrogen and oxygen atoms in total. The molecule has 1 aromatic carbocycles. The average Bonchev–Trinajstić information content (AvgIpc) is 2.36. The molecule has 11 heteroatoms. The molecule has 1 rings (SSSR count). The summed E-state index contributed by atoms with van der Waals surface area (Å²) in [6.45, 7) is 0. The predicted octanol–water partition coefficient (Wildman–Crippen LogP) is 3.33. The second kappa shape index (κ2) is 5.46. The van der Waals surface area contributed by atoms with Crippen LogP contribution >= 0.6 is 0 Å². The Balaban J connectivity index is 3.15. The molecule has 0 bridgehead atoms. The molecule has 0 spiro atoms. The summed E-state index contributed by atoms with van der Waals surface area (Å²) in [5.74, 6) is -10.8. The fourth-order valence-corrected chi connectivity index (χ4v) is 1.25. The Labute approximate surface area is 117 Å². The van der Waals surface area contributed by atoms with Gasteiger partial charge in [0, 0.05) is 0 Å². The molecule has 0 atom stereocenters. The Morgan fingerprint density at radius 2 is 1.36 bits per heavy atom. The number of carbonyl (C=O) groups is 2. The number of rotatable bonds is 4. The van der Waals surface area contributed by atoms with Gasteiger partial charge in [0.1, 0.15) is 0 Å². The van der Waals surface area contributed by atoms with E-state index in [9.17, 15) is 40.3 Å². The number of benzene rings is 1. The molecule has 0 radical (unpaired) electrons. The van der Waals surface area contributed by atoms with Crippen LogP contribution in [0, 0.1) is 0 Å². The third-order valence-corrected chi connectivity index (χ3v) is 2.32. The highest BCUT2D eigenvalue weighted by Gasteiger charge is 2.76. The highest BCUT2D eigenvalue weighted by atomic mass is 19.4. The molecular weight excluding hydrogens is 329 g/mol. The monoisotopic (exact) mass is 334 g/mol. The number of carbonyl (C=O) groups excluding carboxylic acids is 1. The molecule has 0 saturated carbocycles. The molecule has 0 aliphatic carbocycles. The fourth-order valence-electron chi connectivity index (χ4n) is 1.25. The quantitative estimate of drug-likeness (QED) is 0.678. The Hall–Kier alpha value is -2.33. The summed E-state index contributed by atoms with van der Waals surface area (Å²) in [5.41, 5.74) is -2.01. The van der Waals surface area contributed by atoms with E-state index in [-0.39, 0.29) is 0 Å². The Morgan fingerprint density at radius 3 is 1.77 bits per heavy atom. The van der Waals surface area contributed by atoms with Crippen molar-refractivity contribution in [2.75, 3.05) is 0 Å². The van der Waals surface area contributed by atoms with E-state index < -0.39 is 41.3 Å². The molecular formula is C11H5F7O4. The smallest absolute Gasteiger partial charge is 0.476 e. The first kappa shape index (κ1) is 17.7. The minimum absolute atomic E-state index is 0.619. The van der Waals surface area contributed by atoms with Crippen LogP contribution in [-0.4, -0.2) is 35.3 Å². The lowest BCUT2D eigenvalue weighted by atomic mass is 10.1. The highest BCUT2D eigenvalue weighted by Crippen LogP contribution is 2.47. The minimum atomic E-state index is -6.68. The van der Waals surface area contributed by atoms with Crippen LogP contribution in [0.3, 0.4) is 0 Å². The molecule has 22 heavy (non-hydrogen) atoms. The zero-order valence-electron chi connectivity index (χ0n) is 10.1. The standard InChI is InChI=1S/C11H5F7O4/c12-9(13,10(14,15)16)11(17,18)22-8(21)6-4-2-1-3-5(6)7(19)20/h1-4H,(H,19,20). The van der Waals surface area contributed by atoms with E-state index in [1.165, 1.54) is 0 Å². The molecule has 0 heterocycles. The highest BCUT2D eigenvalue weighted by molar-refractivity contribution is 6.02. The lowest BCUT2D eigenvalue weighted by molar-refractivity contribution is -0.409. The van der Waals surface area contributed by atoms with Crippen LogP contribution in [-0.2, 0) is 4.74 Å². The topological polar surface area (TPSA) is 63.6 Å². The van der Waals surface area contributed by atoms with Crippen molar-refractivity contribution in [3.63, 3.8) is 0 Å². The number of aromatic carboxylic acids is 1. The molecule has 0 amide bonds. The SMILES string of the molecule is O=C(O)c1ccccc1C(=O)OC(F)(F)C(F)(F)C(F)(F)F. The molecule has 0 saturated heterocycles. The zero-order valence-corrected chi connectivity index (χ0v) is 10.1. The van der Waals surface area contributed by atoms with Gasteiger partial charge in [-0.25, -0.2) is 9.59 Å². The molecule has 1 aromatic rings. The summed E-state index contributed by atoms with van der Waals surface area (Å²) in [6, 6.07) is 3.42. The summed E-state index contributed by atoms with van der Waals surface area (Å²) in [7, 11) is 0. The van der Waals surface area contributed by atoms with Gasteiger partial charge in [0.25, 0.3) is 0 Å². The van der Waals surface area contributed by atoms with Crippen molar-refractivity contribution in [1.82, 2.24) is 0 Å². The number of halogens is 7. The summed E-state index contributed by atoms with van der Waals surface area (Å²) < 4.78 is 89.5. The molecule has 0 fully saturated rings. The van der Waals surface area contributed by atoms with Crippen molar-refractivity contribution in [2.24, 2.45) is 0 Å². The first-order valence-corrected chi connectivity index (χ1v) is 5.19. The maximum Gasteiger partial charge on any atom is 0.476 e. The number of hydrogen-bond acceptors (Lipinski definition) is 3. The molecule has 0 aromatic heterocycles. The van der Waals surface area contributed by atoms with E-state index in [1.807, 2.05) is 0 Å². The second-order valence-corrected chi connectivity index (χ2v) is 3.83. The van der Waals surface area contributed by atoms with Gasteiger partial charge >= 0.3 is 30.1 Å². The average molecular weight is 334 g/mol. The lowest BCUT2D eigenvalue weighted by Crippen LogP contribution is -2.54. The van der Waals surface area contributed by atoms with Gasteiger partial charge < -0.3 is 9.84 Å². The summed E-state index contributed by atoms with van der Waals surface area (Å²) in [5, 5.41) is 8.68. The first-order chi connectivity index (χ1) is 9.81. The van der Waals surface area contributed by atoms with E-state index in [1.54, 1.807) is 0 Å². The normalized spacial score (nSPS) is 12.9. The third kappa shape index (κ3) is 3.12. The van der Waals surface area contributed by atoms with Crippen LogP contribution in [0.2, 0.25) is 0 Å². The molecule has 0 aliphatic heterocycles. The Kier molecular flexibility index (Phi) is 4.40. The van der Waals surface area contributed by atoms with Gasteiger partial charge in [-0.05, 0) is 12.1 Å². The van der Waals surface area contributed by atoms with Crippen LogP contribution in [0.25, 0.3) is 0 Å². The van der Waals surface area contributed by atoms with Crippen molar-refractivity contribution >= 4 is 11.9 Å². The first-order valence-electron chi connectivity index (χ1n) is 5.19. The number of ether oxygens (including phenoxy) is 1. The van der Waals surface area contributed by atoms with E-state index in [4.69, 9.17) is 5.11 Å². The third-order valence-electron chi connectivity index (χ3n) is 2.32. The van der Waals surface area contributed by atoms with Gasteiger partial charge in [0.15, 0.2) is 0 Å². The fraction of sp³-hybridized carbons (Fsp3) is 0.273. The van der Waals surface area contributed by atoms with Crippen LogP contribution in [0.5, 0.6) is 0 Å². The van der Waals surface area contributed by atoms with Crippen molar-refractivity contribution in [3.05, 3.63) is 35.4 Å². The Bertz CT molecular complexity index is 594. The van der Waals surface area contributed by atoms with Gasteiger partial charge in [-0.3, -0.25) is 0 Å². The number of esters is 1. The van der Waals surface area contributed by atoms with Gasteiger partial charge in [0.05, 0.1) is 11.1 Å². The maximum atomic E-state index is 12.9. The van der Waals surface area contributed by atoms with Gasteiger partial charge in [0.2, 0.25) is 0 Å². The van der Waals surface area contributed by atoms with E-state index in [0.717, 1.165) is 18.2 Å². The number of carboxylic acids is 1. The number of hydrogen-bond donors (Lipinski definition) is 1. The van der Waals surface area contributed by atoms with Crippen LogP contribution in [0.15, 0.2) is 24.3 Å². The van der Waals surface area contributed by atoms with Gasteiger partial charge in [-0.15, -0.1) is 0 Å². The van der Waals surface area contributed by atoms with Gasteiger partial charge in [-0.2, -0.15) is 30.7 Å². The van der Waals surface area contributed by atoms with Crippen molar-refractivity contribution < 1.29 is 50.2 Å². The second-order valence-electron chi connectivity index (χ2n) is 3.83. The van der Waals surface area contributed by atoms with Crippen LogP contribution < -0.4 is 0 Å². The van der Waals surface area contributed by atoms with E-state index in [2.05, 4.69) is 4.74 Å². The van der Waals surface area contributed by atoms with Crippen molar-refractivity contribution in [1.29, 1.82) is 0 Å². The lowest BCUT2D eigenvalue weighted by Gasteiger charge is -2.27. The molecule has 0 unspecified atom stereocenters. The number of carboxylic acid groups (broad SMARTS) is 1. The van der Waals surface area contributed by atoms with Crippen LogP contribution in [0.1, 0.15) is 20.7 Å². The largest absolute Gasteiger partial charge is 0.478 e. The van der Waals surface area contributed by atoms with Crippen LogP contribution in [0.4, 0.5) is 30.7 Å². The van der Waals surface area contributed by atoms with E-state index >= 15 is 0 Å². The zero-order chi connectivity index (χ0) is 17.3. The molecule has 122 valence electrons. The Morgan fingerprint density at radius 1 is 0.909 bits per heavy atom. The molecule has 1 N–H and O–H groups in total. The maximum absolute atomic E-state index is 12.9. The van der Waals surface area contributed by atoms with E-state index in [0.29, 0.717) is 6.07 Å². The summed E-state index contributed by atoms with van der Waals surface area (Å²) in [6.07, 6.45) is -12.9. The predicted molar refractivity (Wildman–Crippen MR) is 54.8 cm³/mol. The summed E-state index contributed by atoms with van der Waals surface area (Å²) >= 11 is 0.